The summed E-state index contributed by atoms with van der Waals surface area (Å²) in [5, 5.41) is 3.06. The van der Waals surface area contributed by atoms with Gasteiger partial charge in [-0.05, 0) is 12.0 Å². The molecule has 1 atom stereocenters. The van der Waals surface area contributed by atoms with Crippen LogP contribution in [0.3, 0.4) is 0 Å². The van der Waals surface area contributed by atoms with Gasteiger partial charge in [0, 0.05) is 18.8 Å². The first-order chi connectivity index (χ1) is 7.15. The van der Waals surface area contributed by atoms with Crippen LogP contribution in [0, 0.1) is 5.92 Å². The van der Waals surface area contributed by atoms with Crippen molar-refractivity contribution in [1.29, 1.82) is 0 Å². The average Bonchev–Trinajstić information content (AvgIpc) is 2.26. The Morgan fingerprint density at radius 1 is 1.40 bits per heavy atom. The molecule has 0 radical (unpaired) electrons. The van der Waals surface area contributed by atoms with Crippen LogP contribution < -0.4 is 5.32 Å². The molecule has 0 aliphatic rings. The number of carbonyl (C=O) groups excluding carboxylic acids is 1. The van der Waals surface area contributed by atoms with Gasteiger partial charge in [-0.15, -0.1) is 0 Å². The Morgan fingerprint density at radius 3 is 2.47 bits per heavy atom. The summed E-state index contributed by atoms with van der Waals surface area (Å²) in [5.74, 6) is 0.941. The van der Waals surface area contributed by atoms with E-state index in [9.17, 15) is 4.79 Å². The first-order valence-electron chi connectivity index (χ1n) is 5.21. The Hall–Kier alpha value is -1.45. The summed E-state index contributed by atoms with van der Waals surface area (Å²) in [4.78, 5) is 19.7. The van der Waals surface area contributed by atoms with Gasteiger partial charge in [-0.3, -0.25) is 4.79 Å². The monoisotopic (exact) mass is 207 g/mol. The minimum atomic E-state index is -0.197. The van der Waals surface area contributed by atoms with Crippen LogP contribution in [0.1, 0.15) is 27.2 Å². The maximum atomic E-state index is 11.6. The van der Waals surface area contributed by atoms with Gasteiger partial charge in [0.05, 0.1) is 6.04 Å². The predicted molar refractivity (Wildman–Crippen MR) is 59.6 cm³/mol. The van der Waals surface area contributed by atoms with Crippen molar-refractivity contribution >= 4 is 11.7 Å². The summed E-state index contributed by atoms with van der Waals surface area (Å²) in [6.07, 6.45) is 3.84. The van der Waals surface area contributed by atoms with E-state index in [1.54, 1.807) is 18.5 Å². The third kappa shape index (κ3) is 3.31. The number of rotatable bonds is 5. The molecule has 0 aromatic carbocycles. The fourth-order valence-corrected chi connectivity index (χ4v) is 1.35. The highest BCUT2D eigenvalue weighted by Gasteiger charge is 2.20. The molecule has 4 nitrogen and oxygen atoms in total. The van der Waals surface area contributed by atoms with Crippen molar-refractivity contribution in [3.05, 3.63) is 18.5 Å². The van der Waals surface area contributed by atoms with Crippen molar-refractivity contribution < 1.29 is 4.79 Å². The molecule has 1 aromatic heterocycles. The van der Waals surface area contributed by atoms with Gasteiger partial charge in [-0.2, -0.15) is 0 Å². The highest BCUT2D eigenvalue weighted by atomic mass is 16.1. The minimum absolute atomic E-state index is 0.192. The van der Waals surface area contributed by atoms with Crippen LogP contribution in [0.5, 0.6) is 0 Å². The van der Waals surface area contributed by atoms with Gasteiger partial charge >= 0.3 is 0 Å². The Labute approximate surface area is 90.1 Å². The molecule has 1 aromatic rings. The molecule has 82 valence electrons. The van der Waals surface area contributed by atoms with Crippen molar-refractivity contribution in [2.45, 2.75) is 33.2 Å². The fraction of sp³-hybridized carbons (Fsp3) is 0.545. The maximum Gasteiger partial charge on any atom is 0.223 e. The highest BCUT2D eigenvalue weighted by Crippen LogP contribution is 2.10. The van der Waals surface area contributed by atoms with E-state index in [0.717, 1.165) is 0 Å². The van der Waals surface area contributed by atoms with Crippen LogP contribution in [0.4, 0.5) is 5.95 Å². The molecule has 0 saturated heterocycles. The molecule has 0 saturated carbocycles. The van der Waals surface area contributed by atoms with E-state index in [4.69, 9.17) is 0 Å². The Balaban J connectivity index is 2.72. The first-order valence-corrected chi connectivity index (χ1v) is 5.21. The zero-order valence-corrected chi connectivity index (χ0v) is 9.40. The third-order valence-corrected chi connectivity index (χ3v) is 2.21. The van der Waals surface area contributed by atoms with Crippen molar-refractivity contribution in [1.82, 2.24) is 9.97 Å². The van der Waals surface area contributed by atoms with Gasteiger partial charge < -0.3 is 5.32 Å². The second-order valence-electron chi connectivity index (χ2n) is 3.76. The van der Waals surface area contributed by atoms with Gasteiger partial charge in [0.1, 0.15) is 0 Å². The Kier molecular flexibility index (Phi) is 4.21. The molecule has 0 aliphatic carbocycles. The molecule has 1 heterocycles. The van der Waals surface area contributed by atoms with Crippen molar-refractivity contribution in [2.75, 3.05) is 5.32 Å². The number of ketones is 1. The zero-order chi connectivity index (χ0) is 11.3. The van der Waals surface area contributed by atoms with Crippen LogP contribution >= 0.6 is 0 Å². The smallest absolute Gasteiger partial charge is 0.223 e. The summed E-state index contributed by atoms with van der Waals surface area (Å²) in [6.45, 7) is 5.88. The molecule has 1 rings (SSSR count). The molecule has 1 N–H and O–H groups in total. The van der Waals surface area contributed by atoms with E-state index >= 15 is 0 Å². The number of nitrogens with one attached hydrogen (secondary N) is 1. The molecular weight excluding hydrogens is 190 g/mol. The van der Waals surface area contributed by atoms with Crippen molar-refractivity contribution in [3.8, 4) is 0 Å². The second kappa shape index (κ2) is 5.44. The van der Waals surface area contributed by atoms with E-state index in [0.29, 0.717) is 12.4 Å². The van der Waals surface area contributed by atoms with Crippen LogP contribution in [0.25, 0.3) is 0 Å². The number of nitrogens with zero attached hydrogens (tertiary/aromatic N) is 2. The first kappa shape index (κ1) is 11.6. The lowest BCUT2D eigenvalue weighted by Crippen LogP contribution is -2.34. The summed E-state index contributed by atoms with van der Waals surface area (Å²) in [5.41, 5.74) is 0. The molecular formula is C11H17N3O. The number of anilines is 1. The van der Waals surface area contributed by atoms with E-state index < -0.39 is 0 Å². The van der Waals surface area contributed by atoms with Gasteiger partial charge in [-0.1, -0.05) is 20.8 Å². The molecule has 1 unspecified atom stereocenters. The Morgan fingerprint density at radius 2 is 2.00 bits per heavy atom. The lowest BCUT2D eigenvalue weighted by atomic mass is 9.98. The molecule has 15 heavy (non-hydrogen) atoms. The number of aromatic nitrogens is 2. The van der Waals surface area contributed by atoms with E-state index in [1.165, 1.54) is 0 Å². The standard InChI is InChI=1S/C11H17N3O/c1-4-9(15)10(8(2)3)14-11-12-6-5-7-13-11/h5-8,10H,4H2,1-3H3,(H,12,13,14). The Bertz CT molecular complexity index is 311. The highest BCUT2D eigenvalue weighted by molar-refractivity contribution is 5.86. The number of carbonyl (C=O) groups is 1. The lowest BCUT2D eigenvalue weighted by molar-refractivity contribution is -0.120. The number of Topliss-reactive ketones (excluding diaryl/α,β-unsaturated/α-hetero) is 1. The summed E-state index contributed by atoms with van der Waals surface area (Å²) >= 11 is 0. The quantitative estimate of drug-likeness (QED) is 0.801. The van der Waals surface area contributed by atoms with Crippen molar-refractivity contribution in [3.63, 3.8) is 0 Å². The van der Waals surface area contributed by atoms with Gasteiger partial charge in [-0.25, -0.2) is 9.97 Å². The van der Waals surface area contributed by atoms with E-state index in [2.05, 4.69) is 15.3 Å². The summed E-state index contributed by atoms with van der Waals surface area (Å²) < 4.78 is 0. The van der Waals surface area contributed by atoms with E-state index in [-0.39, 0.29) is 17.7 Å². The van der Waals surface area contributed by atoms with E-state index in [1.807, 2.05) is 20.8 Å². The van der Waals surface area contributed by atoms with Crippen LogP contribution in [0.2, 0.25) is 0 Å². The largest absolute Gasteiger partial charge is 0.344 e. The van der Waals surface area contributed by atoms with Crippen LogP contribution in [0.15, 0.2) is 18.5 Å². The molecule has 0 amide bonds. The minimum Gasteiger partial charge on any atom is -0.344 e. The summed E-state index contributed by atoms with van der Waals surface area (Å²) in [6, 6.07) is 1.55. The predicted octanol–water partition coefficient (Wildman–Crippen LogP) is 1.89. The summed E-state index contributed by atoms with van der Waals surface area (Å²) in [7, 11) is 0. The van der Waals surface area contributed by atoms with Crippen molar-refractivity contribution in [2.24, 2.45) is 5.92 Å². The van der Waals surface area contributed by atoms with Crippen LogP contribution in [-0.2, 0) is 4.79 Å². The maximum absolute atomic E-state index is 11.6. The van der Waals surface area contributed by atoms with Gasteiger partial charge in [0.15, 0.2) is 5.78 Å². The van der Waals surface area contributed by atoms with Gasteiger partial charge in [0.25, 0.3) is 0 Å². The second-order valence-corrected chi connectivity index (χ2v) is 3.76. The van der Waals surface area contributed by atoms with Gasteiger partial charge in [0.2, 0.25) is 5.95 Å². The molecule has 0 fully saturated rings. The third-order valence-electron chi connectivity index (χ3n) is 2.21. The molecule has 0 bridgehead atoms. The fourth-order valence-electron chi connectivity index (χ4n) is 1.35. The molecule has 0 spiro atoms. The lowest BCUT2D eigenvalue weighted by Gasteiger charge is -2.20. The molecule has 4 heteroatoms. The number of hydrogen-bond donors (Lipinski definition) is 1. The topological polar surface area (TPSA) is 54.9 Å². The molecule has 0 aliphatic heterocycles. The number of hydrogen-bond acceptors (Lipinski definition) is 4. The van der Waals surface area contributed by atoms with Crippen LogP contribution in [-0.4, -0.2) is 21.8 Å². The SMILES string of the molecule is CCC(=O)C(Nc1ncccn1)C(C)C. The zero-order valence-electron chi connectivity index (χ0n) is 9.40. The average molecular weight is 207 g/mol. The normalized spacial score (nSPS) is 12.5.